The lowest BCUT2D eigenvalue weighted by molar-refractivity contribution is -0.118. The Balaban J connectivity index is 2.07. The molecular weight excluding hydrogens is 146 g/mol. The van der Waals surface area contributed by atoms with Crippen molar-refractivity contribution in [1.82, 2.24) is 21.8 Å². The van der Waals surface area contributed by atoms with Gasteiger partial charge in [0.25, 0.3) is 0 Å². The van der Waals surface area contributed by atoms with E-state index in [1.54, 1.807) is 0 Å². The van der Waals surface area contributed by atoms with Gasteiger partial charge in [0.1, 0.15) is 5.84 Å². The number of nitrogens with zero attached hydrogens (tertiary/aromatic N) is 1. The van der Waals surface area contributed by atoms with E-state index in [0.717, 1.165) is 5.84 Å². The highest BCUT2D eigenvalue weighted by molar-refractivity contribution is 5.83. The second-order valence-electron chi connectivity index (χ2n) is 2.15. The van der Waals surface area contributed by atoms with Crippen LogP contribution in [-0.2, 0) is 4.79 Å². The Bertz CT molecular complexity index is 178. The second kappa shape index (κ2) is 3.77. The van der Waals surface area contributed by atoms with Crippen LogP contribution in [0.25, 0.3) is 0 Å². The first-order chi connectivity index (χ1) is 5.29. The molecule has 0 aromatic rings. The van der Waals surface area contributed by atoms with Crippen molar-refractivity contribution in [3.05, 3.63) is 0 Å². The number of nitrogens with one attached hydrogen (secondary N) is 4. The predicted octanol–water partition coefficient (Wildman–Crippen LogP) is -1.56. The molecule has 0 bridgehead atoms. The van der Waals surface area contributed by atoms with Gasteiger partial charge in [0.15, 0.2) is 0 Å². The van der Waals surface area contributed by atoms with Crippen LogP contribution in [-0.4, -0.2) is 18.3 Å². The summed E-state index contributed by atoms with van der Waals surface area (Å²) in [6.45, 7) is 2.09. The molecule has 4 N–H and O–H groups in total. The van der Waals surface area contributed by atoms with Crippen LogP contribution in [0.15, 0.2) is 5.10 Å². The molecule has 6 heteroatoms. The smallest absolute Gasteiger partial charge is 0.216 e. The van der Waals surface area contributed by atoms with Gasteiger partial charge in [-0.25, -0.2) is 5.53 Å². The number of rotatable bonds is 3. The van der Waals surface area contributed by atoms with E-state index in [4.69, 9.17) is 0 Å². The first kappa shape index (κ1) is 7.80. The number of carbonyl (C=O) groups is 1. The molecular formula is C5H11N5O. The number of hydrogen-bond acceptors (Lipinski definition) is 5. The van der Waals surface area contributed by atoms with E-state index in [9.17, 15) is 4.79 Å². The van der Waals surface area contributed by atoms with E-state index in [1.807, 2.05) is 0 Å². The topological polar surface area (TPSA) is 77.5 Å². The predicted molar refractivity (Wildman–Crippen MR) is 40.1 cm³/mol. The van der Waals surface area contributed by atoms with Crippen LogP contribution < -0.4 is 21.8 Å². The minimum atomic E-state index is -0.0236. The summed E-state index contributed by atoms with van der Waals surface area (Å²) < 4.78 is 0. The molecule has 6 nitrogen and oxygen atoms in total. The maximum absolute atomic E-state index is 10.4. The number of amidine groups is 1. The third kappa shape index (κ3) is 2.85. The van der Waals surface area contributed by atoms with E-state index < -0.39 is 0 Å². The highest BCUT2D eigenvalue weighted by Crippen LogP contribution is 1.81. The van der Waals surface area contributed by atoms with Gasteiger partial charge in [-0.1, -0.05) is 0 Å². The summed E-state index contributed by atoms with van der Waals surface area (Å²) in [6, 6.07) is 0. The zero-order valence-corrected chi connectivity index (χ0v) is 6.27. The fourth-order valence-corrected chi connectivity index (χ4v) is 0.699. The van der Waals surface area contributed by atoms with Crippen molar-refractivity contribution < 1.29 is 4.79 Å². The molecule has 0 aromatic carbocycles. The molecule has 0 aromatic heterocycles. The van der Waals surface area contributed by atoms with Crippen molar-refractivity contribution in [3.63, 3.8) is 0 Å². The lowest BCUT2D eigenvalue weighted by Gasteiger charge is -2.00. The molecule has 0 radical (unpaired) electrons. The molecule has 0 saturated carbocycles. The molecule has 0 fully saturated rings. The number of carbonyl (C=O) groups excluding carboxylic acids is 1. The second-order valence-corrected chi connectivity index (χ2v) is 2.15. The molecule has 0 atom stereocenters. The zero-order chi connectivity index (χ0) is 8.10. The average Bonchev–Trinajstić information content (AvgIpc) is 2.39. The Labute approximate surface area is 64.4 Å². The van der Waals surface area contributed by atoms with Gasteiger partial charge in [0, 0.05) is 19.9 Å². The van der Waals surface area contributed by atoms with Crippen LogP contribution >= 0.6 is 0 Å². The highest BCUT2D eigenvalue weighted by atomic mass is 16.1. The van der Waals surface area contributed by atoms with Crippen molar-refractivity contribution in [2.45, 2.75) is 13.3 Å². The summed E-state index contributed by atoms with van der Waals surface area (Å²) in [5.74, 6) is 0.767. The Morgan fingerprint density at radius 2 is 2.55 bits per heavy atom. The van der Waals surface area contributed by atoms with Crippen molar-refractivity contribution >= 4 is 11.7 Å². The van der Waals surface area contributed by atoms with Crippen LogP contribution in [0, 0.1) is 0 Å². The molecule has 62 valence electrons. The first-order valence-corrected chi connectivity index (χ1v) is 3.36. The van der Waals surface area contributed by atoms with Gasteiger partial charge < -0.3 is 5.32 Å². The monoisotopic (exact) mass is 157 g/mol. The number of hydrazone groups is 1. The summed E-state index contributed by atoms with van der Waals surface area (Å²) in [5, 5.41) is 6.48. The standard InChI is InChI=1S/C5H11N5O/c1-4(11)6-3-2-5-7-9-10-8-5/h9-10H,2-3H2,1H3,(H,6,11)(H,7,8). The fourth-order valence-electron chi connectivity index (χ4n) is 0.699. The number of hydrazine groups is 2. The van der Waals surface area contributed by atoms with Crippen LogP contribution in [0.5, 0.6) is 0 Å². The molecule has 1 amide bonds. The molecule has 0 aliphatic carbocycles. The molecule has 0 unspecified atom stereocenters. The van der Waals surface area contributed by atoms with Crippen LogP contribution in [0.2, 0.25) is 0 Å². The van der Waals surface area contributed by atoms with Crippen LogP contribution in [0.1, 0.15) is 13.3 Å². The van der Waals surface area contributed by atoms with Gasteiger partial charge in [0.05, 0.1) is 0 Å². The minimum absolute atomic E-state index is 0.0236. The lowest BCUT2D eigenvalue weighted by Crippen LogP contribution is -2.36. The van der Waals surface area contributed by atoms with Gasteiger partial charge in [-0.15, -0.1) is 10.6 Å². The molecule has 11 heavy (non-hydrogen) atoms. The molecule has 0 saturated heterocycles. The molecule has 1 rings (SSSR count). The highest BCUT2D eigenvalue weighted by Gasteiger charge is 2.02. The average molecular weight is 157 g/mol. The minimum Gasteiger partial charge on any atom is -0.356 e. The summed E-state index contributed by atoms with van der Waals surface area (Å²) in [4.78, 5) is 10.4. The summed E-state index contributed by atoms with van der Waals surface area (Å²) >= 11 is 0. The van der Waals surface area contributed by atoms with E-state index in [0.29, 0.717) is 13.0 Å². The van der Waals surface area contributed by atoms with Gasteiger partial charge in [0.2, 0.25) is 5.91 Å². The largest absolute Gasteiger partial charge is 0.356 e. The van der Waals surface area contributed by atoms with E-state index in [2.05, 4.69) is 26.9 Å². The maximum Gasteiger partial charge on any atom is 0.216 e. The lowest BCUT2D eigenvalue weighted by atomic mass is 10.4. The van der Waals surface area contributed by atoms with Gasteiger partial charge in [-0.3, -0.25) is 10.2 Å². The maximum atomic E-state index is 10.4. The fraction of sp³-hybridized carbons (Fsp3) is 0.600. The first-order valence-electron chi connectivity index (χ1n) is 3.36. The quantitative estimate of drug-likeness (QED) is 0.399. The van der Waals surface area contributed by atoms with E-state index in [1.165, 1.54) is 6.92 Å². The number of hydrogen-bond donors (Lipinski definition) is 4. The van der Waals surface area contributed by atoms with Crippen LogP contribution in [0.4, 0.5) is 0 Å². The Hall–Kier alpha value is -1.30. The van der Waals surface area contributed by atoms with Crippen molar-refractivity contribution in [2.75, 3.05) is 6.54 Å². The zero-order valence-electron chi connectivity index (χ0n) is 6.27. The number of amides is 1. The van der Waals surface area contributed by atoms with Crippen molar-refractivity contribution in [1.29, 1.82) is 0 Å². The Kier molecular flexibility index (Phi) is 2.67. The summed E-state index contributed by atoms with van der Waals surface area (Å²) in [6.07, 6.45) is 0.694. The van der Waals surface area contributed by atoms with Gasteiger partial charge >= 0.3 is 0 Å². The molecule has 1 aliphatic rings. The third-order valence-electron chi connectivity index (χ3n) is 1.19. The molecule has 0 spiro atoms. The summed E-state index contributed by atoms with van der Waals surface area (Å²) in [5.41, 5.74) is 7.89. The van der Waals surface area contributed by atoms with Gasteiger partial charge in [-0.2, -0.15) is 0 Å². The summed E-state index contributed by atoms with van der Waals surface area (Å²) in [7, 11) is 0. The Morgan fingerprint density at radius 3 is 3.09 bits per heavy atom. The van der Waals surface area contributed by atoms with Gasteiger partial charge in [-0.05, 0) is 0 Å². The normalized spacial score (nSPS) is 14.8. The van der Waals surface area contributed by atoms with E-state index in [-0.39, 0.29) is 5.91 Å². The molecule has 1 heterocycles. The molecule has 1 aliphatic heterocycles. The van der Waals surface area contributed by atoms with Crippen LogP contribution in [0.3, 0.4) is 0 Å². The Morgan fingerprint density at radius 1 is 1.73 bits per heavy atom. The van der Waals surface area contributed by atoms with Crippen molar-refractivity contribution in [3.8, 4) is 0 Å². The van der Waals surface area contributed by atoms with Crippen molar-refractivity contribution in [2.24, 2.45) is 5.10 Å². The third-order valence-corrected chi connectivity index (χ3v) is 1.19. The van der Waals surface area contributed by atoms with E-state index >= 15 is 0 Å². The SMILES string of the molecule is CC(=O)NCCC1=NNNN1.